The molecule has 1 aromatic heterocycles. The topological polar surface area (TPSA) is 62.5 Å². The van der Waals surface area contributed by atoms with Crippen molar-refractivity contribution in [3.8, 4) is 0 Å². The van der Waals surface area contributed by atoms with E-state index in [0.717, 1.165) is 19.6 Å². The normalized spacial score (nSPS) is 16.5. The number of carbonyl (C=O) groups is 2. The van der Waals surface area contributed by atoms with Crippen molar-refractivity contribution in [1.29, 1.82) is 0 Å². The van der Waals surface area contributed by atoms with Crippen LogP contribution >= 0.6 is 0 Å². The van der Waals surface area contributed by atoms with Gasteiger partial charge in [-0.1, -0.05) is 6.42 Å². The molecule has 0 spiro atoms. The molecule has 0 aromatic carbocycles. The molecule has 0 unspecified atom stereocenters. The van der Waals surface area contributed by atoms with Gasteiger partial charge in [0.2, 0.25) is 0 Å². The lowest BCUT2D eigenvalue weighted by atomic mass is 10.1. The van der Waals surface area contributed by atoms with Crippen molar-refractivity contribution in [2.75, 3.05) is 19.6 Å². The molecule has 0 atom stereocenters. The van der Waals surface area contributed by atoms with Gasteiger partial charge >= 0.3 is 5.97 Å². The molecule has 0 radical (unpaired) electrons. The summed E-state index contributed by atoms with van der Waals surface area (Å²) in [5.41, 5.74) is 0.665. The molecule has 1 aromatic rings. The molecule has 1 aliphatic heterocycles. The molecule has 1 N–H and O–H groups in total. The van der Waals surface area contributed by atoms with Gasteiger partial charge in [-0.2, -0.15) is 0 Å². The number of carboxylic acid groups (broad SMARTS) is 1. The minimum absolute atomic E-state index is 0.0979. The predicted octanol–water partition coefficient (Wildman–Crippen LogP) is 1.87. The van der Waals surface area contributed by atoms with E-state index in [1.54, 1.807) is 10.8 Å². The van der Waals surface area contributed by atoms with Crippen molar-refractivity contribution < 1.29 is 14.7 Å². The molecular formula is C14H20N2O3. The molecule has 1 saturated heterocycles. The molecule has 19 heavy (non-hydrogen) atoms. The van der Waals surface area contributed by atoms with Gasteiger partial charge in [0, 0.05) is 24.8 Å². The number of aromatic carboxylic acids is 1. The lowest BCUT2D eigenvalue weighted by molar-refractivity contribution is 0.0684. The number of rotatable bonds is 5. The van der Waals surface area contributed by atoms with Crippen LogP contribution in [0.2, 0.25) is 0 Å². The Labute approximate surface area is 112 Å². The molecule has 1 aliphatic rings. The maximum atomic E-state index is 11.3. The van der Waals surface area contributed by atoms with Crippen molar-refractivity contribution in [2.24, 2.45) is 0 Å². The molecule has 104 valence electrons. The maximum Gasteiger partial charge on any atom is 0.352 e. The highest BCUT2D eigenvalue weighted by atomic mass is 16.4. The van der Waals surface area contributed by atoms with E-state index in [4.69, 9.17) is 5.11 Å². The lowest BCUT2D eigenvalue weighted by Crippen LogP contribution is -2.32. The van der Waals surface area contributed by atoms with Crippen molar-refractivity contribution in [1.82, 2.24) is 9.47 Å². The van der Waals surface area contributed by atoms with E-state index in [9.17, 15) is 9.59 Å². The number of hydrogen-bond donors (Lipinski definition) is 1. The van der Waals surface area contributed by atoms with Crippen LogP contribution in [0.1, 0.15) is 47.0 Å². The third-order valence-electron chi connectivity index (χ3n) is 3.63. The Morgan fingerprint density at radius 3 is 2.47 bits per heavy atom. The Kier molecular flexibility index (Phi) is 4.37. The Balaban J connectivity index is 2.05. The second-order valence-electron chi connectivity index (χ2n) is 5.07. The van der Waals surface area contributed by atoms with Gasteiger partial charge in [-0.15, -0.1) is 0 Å². The summed E-state index contributed by atoms with van der Waals surface area (Å²) in [5, 5.41) is 9.15. The molecule has 0 amide bonds. The lowest BCUT2D eigenvalue weighted by Gasteiger charge is -2.26. The summed E-state index contributed by atoms with van der Waals surface area (Å²) in [6, 6.07) is 1.46. The van der Waals surface area contributed by atoms with Crippen molar-refractivity contribution in [3.05, 3.63) is 23.5 Å². The standard InChI is InChI=1S/C14H20N2O3/c1-11(17)12-9-13(14(18)19)16(10-12)8-7-15-5-3-2-4-6-15/h9-10H,2-8H2,1H3,(H,18,19). The van der Waals surface area contributed by atoms with Crippen LogP contribution in [0.5, 0.6) is 0 Å². The van der Waals surface area contributed by atoms with E-state index < -0.39 is 5.97 Å². The summed E-state index contributed by atoms with van der Waals surface area (Å²) in [4.78, 5) is 24.8. The zero-order valence-corrected chi connectivity index (χ0v) is 11.3. The first-order valence-electron chi connectivity index (χ1n) is 6.74. The zero-order chi connectivity index (χ0) is 13.8. The fraction of sp³-hybridized carbons (Fsp3) is 0.571. The quantitative estimate of drug-likeness (QED) is 0.825. The number of likely N-dealkylation sites (tertiary alicyclic amines) is 1. The van der Waals surface area contributed by atoms with E-state index in [1.807, 2.05) is 0 Å². The molecule has 0 saturated carbocycles. The van der Waals surface area contributed by atoms with Crippen molar-refractivity contribution >= 4 is 11.8 Å². The fourth-order valence-electron chi connectivity index (χ4n) is 2.50. The summed E-state index contributed by atoms with van der Waals surface area (Å²) in [6.45, 7) is 5.09. The van der Waals surface area contributed by atoms with Crippen LogP contribution in [-0.2, 0) is 6.54 Å². The first-order chi connectivity index (χ1) is 9.08. The first kappa shape index (κ1) is 13.8. The smallest absolute Gasteiger partial charge is 0.352 e. The number of carbonyl (C=O) groups excluding carboxylic acids is 1. The Hall–Kier alpha value is -1.62. The summed E-state index contributed by atoms with van der Waals surface area (Å²) in [6.07, 6.45) is 5.37. The second-order valence-corrected chi connectivity index (χ2v) is 5.07. The number of piperidine rings is 1. The molecule has 5 nitrogen and oxygen atoms in total. The van der Waals surface area contributed by atoms with E-state index >= 15 is 0 Å². The molecule has 2 heterocycles. The summed E-state index contributed by atoms with van der Waals surface area (Å²) in [7, 11) is 0. The summed E-state index contributed by atoms with van der Waals surface area (Å²) in [5.74, 6) is -1.08. The number of Topliss-reactive ketones (excluding diaryl/α,β-unsaturated/α-hetero) is 1. The minimum atomic E-state index is -0.980. The highest BCUT2D eigenvalue weighted by molar-refractivity contribution is 5.97. The summed E-state index contributed by atoms with van der Waals surface area (Å²) < 4.78 is 1.67. The second kappa shape index (κ2) is 6.02. The monoisotopic (exact) mass is 264 g/mol. The number of carboxylic acids is 1. The number of ketones is 1. The highest BCUT2D eigenvalue weighted by Crippen LogP contribution is 2.12. The third-order valence-corrected chi connectivity index (χ3v) is 3.63. The number of hydrogen-bond acceptors (Lipinski definition) is 3. The SMILES string of the molecule is CC(=O)c1cc(C(=O)O)n(CCN2CCCCC2)c1. The van der Waals surface area contributed by atoms with Crippen LogP contribution in [0.25, 0.3) is 0 Å². The van der Waals surface area contributed by atoms with E-state index in [1.165, 1.54) is 32.3 Å². The van der Waals surface area contributed by atoms with Gasteiger partial charge in [-0.25, -0.2) is 4.79 Å². The van der Waals surface area contributed by atoms with Crippen LogP contribution in [0.15, 0.2) is 12.3 Å². The van der Waals surface area contributed by atoms with E-state index in [0.29, 0.717) is 12.1 Å². The van der Waals surface area contributed by atoms with Crippen LogP contribution in [0.3, 0.4) is 0 Å². The molecule has 0 aliphatic carbocycles. The predicted molar refractivity (Wildman–Crippen MR) is 71.7 cm³/mol. The molecule has 1 fully saturated rings. The van der Waals surface area contributed by atoms with E-state index in [2.05, 4.69) is 4.90 Å². The van der Waals surface area contributed by atoms with Gasteiger partial charge in [0.1, 0.15) is 5.69 Å². The molecule has 5 heteroatoms. The van der Waals surface area contributed by atoms with Crippen molar-refractivity contribution in [2.45, 2.75) is 32.7 Å². The Bertz CT molecular complexity index is 473. The number of nitrogens with zero attached hydrogens (tertiary/aromatic N) is 2. The van der Waals surface area contributed by atoms with Crippen LogP contribution in [-0.4, -0.2) is 46.0 Å². The minimum Gasteiger partial charge on any atom is -0.477 e. The third kappa shape index (κ3) is 3.44. The van der Waals surface area contributed by atoms with Gasteiger partial charge in [-0.3, -0.25) is 4.79 Å². The van der Waals surface area contributed by atoms with E-state index in [-0.39, 0.29) is 11.5 Å². The maximum absolute atomic E-state index is 11.3. The average molecular weight is 264 g/mol. The largest absolute Gasteiger partial charge is 0.477 e. The van der Waals surface area contributed by atoms with Gasteiger partial charge in [0.25, 0.3) is 0 Å². The first-order valence-corrected chi connectivity index (χ1v) is 6.74. The van der Waals surface area contributed by atoms with Crippen LogP contribution < -0.4 is 0 Å². The molecular weight excluding hydrogens is 244 g/mol. The Morgan fingerprint density at radius 2 is 1.89 bits per heavy atom. The zero-order valence-electron chi connectivity index (χ0n) is 11.3. The average Bonchev–Trinajstić information content (AvgIpc) is 2.82. The number of aromatic nitrogens is 1. The van der Waals surface area contributed by atoms with Gasteiger partial charge < -0.3 is 14.6 Å². The fourth-order valence-corrected chi connectivity index (χ4v) is 2.50. The van der Waals surface area contributed by atoms with Crippen LogP contribution in [0, 0.1) is 0 Å². The van der Waals surface area contributed by atoms with Gasteiger partial charge in [0.05, 0.1) is 0 Å². The summed E-state index contributed by atoms with van der Waals surface area (Å²) >= 11 is 0. The Morgan fingerprint density at radius 1 is 1.21 bits per heavy atom. The van der Waals surface area contributed by atoms with Gasteiger partial charge in [0.15, 0.2) is 5.78 Å². The van der Waals surface area contributed by atoms with Crippen molar-refractivity contribution in [3.63, 3.8) is 0 Å². The molecule has 2 rings (SSSR count). The van der Waals surface area contributed by atoms with Gasteiger partial charge in [-0.05, 0) is 38.9 Å². The highest BCUT2D eigenvalue weighted by Gasteiger charge is 2.16. The van der Waals surface area contributed by atoms with Crippen LogP contribution in [0.4, 0.5) is 0 Å². The molecule has 0 bridgehead atoms.